The summed E-state index contributed by atoms with van der Waals surface area (Å²) in [4.78, 5) is 17.3. The van der Waals surface area contributed by atoms with E-state index in [1.54, 1.807) is 6.20 Å². The highest BCUT2D eigenvalue weighted by Crippen LogP contribution is 2.14. The van der Waals surface area contributed by atoms with Gasteiger partial charge >= 0.3 is 0 Å². The lowest BCUT2D eigenvalue weighted by molar-refractivity contribution is 0.0761. The summed E-state index contributed by atoms with van der Waals surface area (Å²) in [6.07, 6.45) is 4.65. The number of nitriles is 1. The van der Waals surface area contributed by atoms with E-state index in [0.717, 1.165) is 50.3 Å². The zero-order valence-corrected chi connectivity index (χ0v) is 16.9. The second-order valence-electron chi connectivity index (χ2n) is 7.63. The van der Waals surface area contributed by atoms with Gasteiger partial charge in [-0.2, -0.15) is 10.4 Å². The molecule has 2 aromatic carbocycles. The monoisotopic (exact) mass is 399 g/mol. The molecule has 0 N–H and O–H groups in total. The minimum absolute atomic E-state index is 0.0980. The molecule has 0 radical (unpaired) electrons. The van der Waals surface area contributed by atoms with E-state index in [1.165, 1.54) is 5.56 Å². The van der Waals surface area contributed by atoms with Gasteiger partial charge in [0.2, 0.25) is 0 Å². The predicted octanol–water partition coefficient (Wildman–Crippen LogP) is 3.15. The number of benzene rings is 2. The Balaban J connectivity index is 1.33. The van der Waals surface area contributed by atoms with Gasteiger partial charge < -0.3 is 4.90 Å². The molecule has 1 saturated heterocycles. The van der Waals surface area contributed by atoms with Crippen molar-refractivity contribution in [3.63, 3.8) is 0 Å². The standard InChI is InChI=1S/C24H25N5O/c25-17-20-3-5-21(6-4-20)18-27-12-2-13-28(16-15-27)24(30)23-9-7-22(8-10-23)19-29-14-1-11-26-29/h1,3-11,14H,2,12-13,15-16,18-19H2. The van der Waals surface area contributed by atoms with Crippen molar-refractivity contribution in [3.05, 3.63) is 89.2 Å². The topological polar surface area (TPSA) is 65.2 Å². The molecule has 1 aliphatic heterocycles. The summed E-state index contributed by atoms with van der Waals surface area (Å²) in [6.45, 7) is 4.86. The number of nitrogens with zero attached hydrogens (tertiary/aromatic N) is 5. The molecule has 1 aliphatic rings. The molecule has 3 aromatic rings. The Hall–Kier alpha value is -3.43. The van der Waals surface area contributed by atoms with Gasteiger partial charge in [0, 0.05) is 50.7 Å². The Labute approximate surface area is 177 Å². The summed E-state index contributed by atoms with van der Waals surface area (Å²) in [5.74, 6) is 0.0980. The van der Waals surface area contributed by atoms with Gasteiger partial charge in [-0.15, -0.1) is 0 Å². The van der Waals surface area contributed by atoms with E-state index in [4.69, 9.17) is 5.26 Å². The molecule has 4 rings (SSSR count). The molecule has 1 aromatic heterocycles. The molecule has 0 aliphatic carbocycles. The molecule has 0 saturated carbocycles. The molecule has 6 nitrogen and oxygen atoms in total. The molecular weight excluding hydrogens is 374 g/mol. The van der Waals surface area contributed by atoms with Gasteiger partial charge in [-0.1, -0.05) is 24.3 Å². The van der Waals surface area contributed by atoms with Crippen LogP contribution in [0.3, 0.4) is 0 Å². The van der Waals surface area contributed by atoms with Crippen molar-refractivity contribution in [2.24, 2.45) is 0 Å². The van der Waals surface area contributed by atoms with Crippen molar-refractivity contribution in [1.29, 1.82) is 5.26 Å². The van der Waals surface area contributed by atoms with Gasteiger partial charge in [0.05, 0.1) is 18.2 Å². The van der Waals surface area contributed by atoms with Crippen molar-refractivity contribution >= 4 is 5.91 Å². The van der Waals surface area contributed by atoms with E-state index >= 15 is 0 Å². The van der Waals surface area contributed by atoms with Crippen LogP contribution in [0, 0.1) is 11.3 Å². The van der Waals surface area contributed by atoms with Gasteiger partial charge in [0.1, 0.15) is 0 Å². The molecule has 0 spiro atoms. The SMILES string of the molecule is N#Cc1ccc(CN2CCCN(C(=O)c3ccc(Cn4cccn4)cc3)CC2)cc1. The molecule has 0 atom stereocenters. The zero-order chi connectivity index (χ0) is 20.8. The molecule has 6 heteroatoms. The number of carbonyl (C=O) groups is 1. The molecular formula is C24H25N5O. The highest BCUT2D eigenvalue weighted by atomic mass is 16.2. The first kappa shape index (κ1) is 19.9. The third kappa shape index (κ3) is 4.94. The van der Waals surface area contributed by atoms with Crippen LogP contribution in [-0.4, -0.2) is 51.7 Å². The van der Waals surface area contributed by atoms with Crippen LogP contribution in [0.2, 0.25) is 0 Å². The van der Waals surface area contributed by atoms with Gasteiger partial charge in [-0.05, 0) is 47.9 Å². The Morgan fingerprint density at radius 2 is 1.67 bits per heavy atom. The third-order valence-corrected chi connectivity index (χ3v) is 5.47. The fourth-order valence-corrected chi connectivity index (χ4v) is 3.79. The first-order valence-corrected chi connectivity index (χ1v) is 10.3. The van der Waals surface area contributed by atoms with Crippen molar-refractivity contribution in [1.82, 2.24) is 19.6 Å². The second kappa shape index (κ2) is 9.38. The van der Waals surface area contributed by atoms with Crippen LogP contribution in [0.4, 0.5) is 0 Å². The maximum atomic E-state index is 13.0. The Bertz CT molecular complexity index is 1000. The number of hydrogen-bond acceptors (Lipinski definition) is 4. The van der Waals surface area contributed by atoms with Gasteiger partial charge in [-0.3, -0.25) is 14.4 Å². The predicted molar refractivity (Wildman–Crippen MR) is 115 cm³/mol. The second-order valence-corrected chi connectivity index (χ2v) is 7.63. The smallest absolute Gasteiger partial charge is 0.253 e. The quantitative estimate of drug-likeness (QED) is 0.661. The average molecular weight is 399 g/mol. The van der Waals surface area contributed by atoms with Gasteiger partial charge in [-0.25, -0.2) is 0 Å². The fourth-order valence-electron chi connectivity index (χ4n) is 3.79. The molecule has 2 heterocycles. The summed E-state index contributed by atoms with van der Waals surface area (Å²) in [5, 5.41) is 13.2. The van der Waals surface area contributed by atoms with Gasteiger partial charge in [0.25, 0.3) is 5.91 Å². The fraction of sp³-hybridized carbons (Fsp3) is 0.292. The van der Waals surface area contributed by atoms with Crippen LogP contribution in [0.1, 0.15) is 33.5 Å². The van der Waals surface area contributed by atoms with Crippen LogP contribution >= 0.6 is 0 Å². The Morgan fingerprint density at radius 3 is 2.37 bits per heavy atom. The highest BCUT2D eigenvalue weighted by molar-refractivity contribution is 5.94. The summed E-state index contributed by atoms with van der Waals surface area (Å²) in [7, 11) is 0. The number of hydrogen-bond donors (Lipinski definition) is 0. The lowest BCUT2D eigenvalue weighted by Crippen LogP contribution is -2.35. The normalized spacial score (nSPS) is 14.8. The van der Waals surface area contributed by atoms with E-state index in [2.05, 4.69) is 16.1 Å². The summed E-state index contributed by atoms with van der Waals surface area (Å²) in [6, 6.07) is 19.6. The number of carbonyl (C=O) groups excluding carboxylic acids is 1. The lowest BCUT2D eigenvalue weighted by Gasteiger charge is -2.22. The summed E-state index contributed by atoms with van der Waals surface area (Å²) < 4.78 is 1.87. The van der Waals surface area contributed by atoms with E-state index in [-0.39, 0.29) is 5.91 Å². The molecule has 1 amide bonds. The molecule has 30 heavy (non-hydrogen) atoms. The largest absolute Gasteiger partial charge is 0.337 e. The van der Waals surface area contributed by atoms with Crippen LogP contribution in [-0.2, 0) is 13.1 Å². The zero-order valence-electron chi connectivity index (χ0n) is 16.9. The van der Waals surface area contributed by atoms with E-state index in [9.17, 15) is 4.79 Å². The maximum Gasteiger partial charge on any atom is 0.253 e. The number of rotatable bonds is 5. The third-order valence-electron chi connectivity index (χ3n) is 5.47. The first-order chi connectivity index (χ1) is 14.7. The van der Waals surface area contributed by atoms with E-state index < -0.39 is 0 Å². The van der Waals surface area contributed by atoms with E-state index in [0.29, 0.717) is 12.1 Å². The van der Waals surface area contributed by atoms with Crippen molar-refractivity contribution in [2.45, 2.75) is 19.5 Å². The number of aromatic nitrogens is 2. The van der Waals surface area contributed by atoms with Crippen molar-refractivity contribution in [2.75, 3.05) is 26.2 Å². The van der Waals surface area contributed by atoms with Crippen molar-refractivity contribution < 1.29 is 4.79 Å². The first-order valence-electron chi connectivity index (χ1n) is 10.3. The van der Waals surface area contributed by atoms with Crippen molar-refractivity contribution in [3.8, 4) is 6.07 Å². The highest BCUT2D eigenvalue weighted by Gasteiger charge is 2.20. The minimum atomic E-state index is 0.0980. The van der Waals surface area contributed by atoms with Crippen LogP contribution in [0.5, 0.6) is 0 Å². The minimum Gasteiger partial charge on any atom is -0.337 e. The average Bonchev–Trinajstić information content (AvgIpc) is 3.18. The van der Waals surface area contributed by atoms with Crippen LogP contribution in [0.15, 0.2) is 67.0 Å². The summed E-state index contributed by atoms with van der Waals surface area (Å²) >= 11 is 0. The Morgan fingerprint density at radius 1 is 0.933 bits per heavy atom. The number of amides is 1. The van der Waals surface area contributed by atoms with E-state index in [1.807, 2.05) is 70.4 Å². The van der Waals surface area contributed by atoms with Gasteiger partial charge in [0.15, 0.2) is 0 Å². The summed E-state index contributed by atoms with van der Waals surface area (Å²) in [5.41, 5.74) is 3.74. The lowest BCUT2D eigenvalue weighted by atomic mass is 10.1. The molecule has 152 valence electrons. The Kier molecular flexibility index (Phi) is 6.21. The molecule has 0 unspecified atom stereocenters. The van der Waals surface area contributed by atoms with Crippen LogP contribution in [0.25, 0.3) is 0 Å². The molecule has 1 fully saturated rings. The van der Waals surface area contributed by atoms with Crippen LogP contribution < -0.4 is 0 Å². The maximum absolute atomic E-state index is 13.0. The molecule has 0 bridgehead atoms.